The van der Waals surface area contributed by atoms with Gasteiger partial charge in [-0.25, -0.2) is 8.42 Å². The fourth-order valence-electron chi connectivity index (χ4n) is 2.50. The summed E-state index contributed by atoms with van der Waals surface area (Å²) < 4.78 is 30.0. The van der Waals surface area contributed by atoms with E-state index in [9.17, 15) is 13.2 Å². The van der Waals surface area contributed by atoms with Crippen molar-refractivity contribution in [3.05, 3.63) is 29.3 Å². The number of rotatable bonds is 5. The molecule has 0 saturated carbocycles. The zero-order valence-electron chi connectivity index (χ0n) is 13.1. The van der Waals surface area contributed by atoms with Crippen molar-refractivity contribution < 1.29 is 17.9 Å². The minimum Gasteiger partial charge on any atom is -0.376 e. The van der Waals surface area contributed by atoms with E-state index in [0.29, 0.717) is 23.4 Å². The summed E-state index contributed by atoms with van der Waals surface area (Å²) in [6.45, 7) is 2.97. The Morgan fingerprint density at radius 3 is 2.77 bits per heavy atom. The highest BCUT2D eigenvalue weighted by Gasteiger charge is 2.20. The first-order valence-corrected chi connectivity index (χ1v) is 9.09. The van der Waals surface area contributed by atoms with E-state index < -0.39 is 10.0 Å². The summed E-state index contributed by atoms with van der Waals surface area (Å²) in [5.74, 6) is -0.211. The van der Waals surface area contributed by atoms with Gasteiger partial charge in [0, 0.05) is 25.8 Å². The maximum Gasteiger partial charge on any atom is 0.251 e. The van der Waals surface area contributed by atoms with Crippen LogP contribution in [0.2, 0.25) is 0 Å². The molecule has 1 aliphatic rings. The van der Waals surface area contributed by atoms with Crippen molar-refractivity contribution in [2.24, 2.45) is 0 Å². The lowest BCUT2D eigenvalue weighted by Gasteiger charge is -2.20. The van der Waals surface area contributed by atoms with Crippen molar-refractivity contribution in [3.8, 4) is 0 Å². The van der Waals surface area contributed by atoms with Gasteiger partial charge in [-0.05, 0) is 37.5 Å². The number of hydrogen-bond acceptors (Lipinski definition) is 4. The number of amides is 1. The van der Waals surface area contributed by atoms with E-state index in [1.807, 2.05) is 0 Å². The molecule has 7 heteroatoms. The SMILES string of the molecule is Cc1c(C(=O)NC[C@H]2CCCO2)cccc1N(C)S(C)(=O)=O. The summed E-state index contributed by atoms with van der Waals surface area (Å²) in [7, 11) is -1.89. The average molecular weight is 326 g/mol. The molecule has 1 heterocycles. The van der Waals surface area contributed by atoms with Gasteiger partial charge in [-0.1, -0.05) is 6.07 Å². The summed E-state index contributed by atoms with van der Waals surface area (Å²) in [6, 6.07) is 5.07. The number of benzene rings is 1. The number of carbonyl (C=O) groups is 1. The molecule has 0 radical (unpaired) electrons. The van der Waals surface area contributed by atoms with E-state index in [1.54, 1.807) is 25.1 Å². The maximum atomic E-state index is 12.3. The first kappa shape index (κ1) is 16.8. The lowest BCUT2D eigenvalue weighted by Crippen LogP contribution is -2.32. The monoisotopic (exact) mass is 326 g/mol. The van der Waals surface area contributed by atoms with Gasteiger partial charge in [0.25, 0.3) is 5.91 Å². The number of nitrogens with one attached hydrogen (secondary N) is 1. The zero-order valence-corrected chi connectivity index (χ0v) is 13.9. The van der Waals surface area contributed by atoms with Gasteiger partial charge in [-0.3, -0.25) is 9.10 Å². The van der Waals surface area contributed by atoms with Crippen LogP contribution in [-0.2, 0) is 14.8 Å². The van der Waals surface area contributed by atoms with Crippen LogP contribution in [0, 0.1) is 6.92 Å². The molecule has 6 nitrogen and oxygen atoms in total. The van der Waals surface area contributed by atoms with Crippen LogP contribution < -0.4 is 9.62 Å². The molecule has 1 aromatic carbocycles. The van der Waals surface area contributed by atoms with Gasteiger partial charge >= 0.3 is 0 Å². The van der Waals surface area contributed by atoms with E-state index >= 15 is 0 Å². The minimum atomic E-state index is -3.36. The molecule has 0 unspecified atom stereocenters. The molecule has 2 rings (SSSR count). The molecular formula is C15H22N2O4S. The van der Waals surface area contributed by atoms with Crippen molar-refractivity contribution in [2.75, 3.05) is 30.8 Å². The number of ether oxygens (including phenoxy) is 1. The van der Waals surface area contributed by atoms with Gasteiger partial charge < -0.3 is 10.1 Å². The number of nitrogens with zero attached hydrogens (tertiary/aromatic N) is 1. The van der Waals surface area contributed by atoms with Crippen molar-refractivity contribution in [2.45, 2.75) is 25.9 Å². The average Bonchev–Trinajstić information content (AvgIpc) is 2.96. The molecule has 1 saturated heterocycles. The van der Waals surface area contributed by atoms with Gasteiger partial charge in [0.1, 0.15) is 0 Å². The molecule has 0 bridgehead atoms. The Labute approximate surface area is 131 Å². The molecule has 1 N–H and O–H groups in total. The molecule has 1 aromatic rings. The van der Waals surface area contributed by atoms with Crippen LogP contribution >= 0.6 is 0 Å². The first-order chi connectivity index (χ1) is 10.3. The fourth-order valence-corrected chi connectivity index (χ4v) is 3.05. The number of carbonyl (C=O) groups excluding carboxylic acids is 1. The topological polar surface area (TPSA) is 75.7 Å². The normalized spacial score (nSPS) is 18.2. The molecule has 0 aromatic heterocycles. The molecule has 1 amide bonds. The minimum absolute atomic E-state index is 0.0751. The molecule has 22 heavy (non-hydrogen) atoms. The zero-order chi connectivity index (χ0) is 16.3. The molecular weight excluding hydrogens is 304 g/mol. The highest BCUT2D eigenvalue weighted by atomic mass is 32.2. The largest absolute Gasteiger partial charge is 0.376 e. The van der Waals surface area contributed by atoms with Gasteiger partial charge in [0.05, 0.1) is 18.0 Å². The third-order valence-electron chi connectivity index (χ3n) is 3.90. The van der Waals surface area contributed by atoms with Crippen LogP contribution in [0.3, 0.4) is 0 Å². The number of sulfonamides is 1. The lowest BCUT2D eigenvalue weighted by atomic mass is 10.1. The summed E-state index contributed by atoms with van der Waals surface area (Å²) in [5, 5.41) is 2.85. The maximum absolute atomic E-state index is 12.3. The van der Waals surface area contributed by atoms with Gasteiger partial charge in [0.2, 0.25) is 10.0 Å². The second kappa shape index (κ2) is 6.66. The van der Waals surface area contributed by atoms with E-state index in [0.717, 1.165) is 25.7 Å². The Hall–Kier alpha value is -1.60. The number of anilines is 1. The summed E-state index contributed by atoms with van der Waals surface area (Å²) in [5.41, 5.74) is 1.62. The molecule has 0 aliphatic carbocycles. The molecule has 1 fully saturated rings. The van der Waals surface area contributed by atoms with Crippen molar-refractivity contribution in [1.29, 1.82) is 0 Å². The van der Waals surface area contributed by atoms with E-state index in [1.165, 1.54) is 11.4 Å². The van der Waals surface area contributed by atoms with Crippen molar-refractivity contribution in [1.82, 2.24) is 5.32 Å². The predicted octanol–water partition coefficient (Wildman–Crippen LogP) is 1.30. The third kappa shape index (κ3) is 3.78. The predicted molar refractivity (Wildman–Crippen MR) is 85.7 cm³/mol. The van der Waals surface area contributed by atoms with E-state index in [4.69, 9.17) is 4.74 Å². The summed E-state index contributed by atoms with van der Waals surface area (Å²) >= 11 is 0. The van der Waals surface area contributed by atoms with Gasteiger partial charge in [0.15, 0.2) is 0 Å². The Morgan fingerprint density at radius 1 is 1.45 bits per heavy atom. The van der Waals surface area contributed by atoms with E-state index in [2.05, 4.69) is 5.32 Å². The standard InChI is InChI=1S/C15H22N2O4S/c1-11-13(15(18)16-10-12-6-5-9-21-12)7-4-8-14(11)17(2)22(3,19)20/h4,7-8,12H,5-6,9-10H2,1-3H3,(H,16,18)/t12-/m1/s1. The van der Waals surface area contributed by atoms with E-state index in [-0.39, 0.29) is 12.0 Å². The highest BCUT2D eigenvalue weighted by Crippen LogP contribution is 2.24. The first-order valence-electron chi connectivity index (χ1n) is 7.24. The third-order valence-corrected chi connectivity index (χ3v) is 5.09. The van der Waals surface area contributed by atoms with Crippen LogP contribution in [0.4, 0.5) is 5.69 Å². The lowest BCUT2D eigenvalue weighted by molar-refractivity contribution is 0.0857. The van der Waals surface area contributed by atoms with Crippen LogP contribution in [0.5, 0.6) is 0 Å². The fraction of sp³-hybridized carbons (Fsp3) is 0.533. The Kier molecular flexibility index (Phi) is 5.08. The Morgan fingerprint density at radius 2 is 2.18 bits per heavy atom. The smallest absolute Gasteiger partial charge is 0.251 e. The van der Waals surface area contributed by atoms with Crippen LogP contribution in [0.1, 0.15) is 28.8 Å². The van der Waals surface area contributed by atoms with Crippen LogP contribution in [0.25, 0.3) is 0 Å². The molecule has 122 valence electrons. The second-order valence-corrected chi connectivity index (χ2v) is 7.54. The van der Waals surface area contributed by atoms with Crippen molar-refractivity contribution >= 4 is 21.6 Å². The molecule has 0 spiro atoms. The Balaban J connectivity index is 2.15. The summed E-state index contributed by atoms with van der Waals surface area (Å²) in [4.78, 5) is 12.3. The van der Waals surface area contributed by atoms with Crippen LogP contribution in [0.15, 0.2) is 18.2 Å². The van der Waals surface area contributed by atoms with Gasteiger partial charge in [-0.15, -0.1) is 0 Å². The van der Waals surface area contributed by atoms with Crippen LogP contribution in [-0.4, -0.2) is 46.9 Å². The quantitative estimate of drug-likeness (QED) is 0.885. The highest BCUT2D eigenvalue weighted by molar-refractivity contribution is 7.92. The van der Waals surface area contributed by atoms with Crippen molar-refractivity contribution in [3.63, 3.8) is 0 Å². The second-order valence-electron chi connectivity index (χ2n) is 5.53. The number of hydrogen-bond donors (Lipinski definition) is 1. The summed E-state index contributed by atoms with van der Waals surface area (Å²) in [6.07, 6.45) is 3.19. The van der Waals surface area contributed by atoms with Gasteiger partial charge in [-0.2, -0.15) is 0 Å². The molecule has 1 atom stereocenters. The Bertz CT molecular complexity index is 652. The molecule has 1 aliphatic heterocycles.